The Labute approximate surface area is 199 Å². The molecule has 2 aromatic carbocycles. The van der Waals surface area contributed by atoms with E-state index in [1.54, 1.807) is 14.2 Å². The number of pyridine rings is 1. The molecule has 2 N–H and O–H groups in total. The first kappa shape index (κ1) is 21.4. The van der Waals surface area contributed by atoms with Crippen LogP contribution in [-0.4, -0.2) is 41.4 Å². The van der Waals surface area contributed by atoms with Gasteiger partial charge in [0.25, 0.3) is 5.91 Å². The Bertz CT molecular complexity index is 1270. The van der Waals surface area contributed by atoms with E-state index in [1.807, 2.05) is 48.5 Å². The zero-order valence-corrected chi connectivity index (χ0v) is 19.6. The molecule has 0 radical (unpaired) electrons. The number of amides is 1. The van der Waals surface area contributed by atoms with Crippen molar-refractivity contribution in [2.45, 2.75) is 49.7 Å². The van der Waals surface area contributed by atoms with Crippen LogP contribution >= 0.6 is 0 Å². The first-order valence-electron chi connectivity index (χ1n) is 12.1. The van der Waals surface area contributed by atoms with Gasteiger partial charge in [0.1, 0.15) is 0 Å². The maximum absolute atomic E-state index is 13.8. The van der Waals surface area contributed by atoms with Crippen molar-refractivity contribution in [3.63, 3.8) is 0 Å². The summed E-state index contributed by atoms with van der Waals surface area (Å²) in [5.41, 5.74) is 1.99. The Morgan fingerprint density at radius 1 is 1.00 bits per heavy atom. The number of para-hydroxylation sites is 1. The number of carbonyl (C=O) groups excluding carboxylic acids is 1. The number of ether oxygens (including phenoxy) is 2. The summed E-state index contributed by atoms with van der Waals surface area (Å²) in [6, 6.07) is 15.3. The van der Waals surface area contributed by atoms with E-state index in [0.29, 0.717) is 41.0 Å². The highest BCUT2D eigenvalue weighted by atomic mass is 16.5. The first-order chi connectivity index (χ1) is 16.4. The minimum atomic E-state index is -0.623. The highest BCUT2D eigenvalue weighted by molar-refractivity contribution is 6.07. The van der Waals surface area contributed by atoms with Gasteiger partial charge in [-0.2, -0.15) is 0 Å². The average Bonchev–Trinajstić information content (AvgIpc) is 2.81. The van der Waals surface area contributed by atoms with Crippen molar-refractivity contribution in [1.29, 1.82) is 0 Å². The van der Waals surface area contributed by atoms with Gasteiger partial charge in [-0.1, -0.05) is 18.2 Å². The lowest BCUT2D eigenvalue weighted by Gasteiger charge is -2.60. The van der Waals surface area contributed by atoms with E-state index < -0.39 is 5.60 Å². The van der Waals surface area contributed by atoms with Crippen LogP contribution in [-0.2, 0) is 0 Å². The third-order valence-corrected chi connectivity index (χ3v) is 8.05. The van der Waals surface area contributed by atoms with Crippen LogP contribution < -0.4 is 14.8 Å². The number of nitrogens with zero attached hydrogens (tertiary/aromatic N) is 1. The van der Waals surface area contributed by atoms with Gasteiger partial charge in [-0.25, -0.2) is 4.98 Å². The standard InChI is InChI=1S/C28H30N2O4/c1-33-24-8-7-19(10-25(24)34-2)23-11-21(20-5-3-4-6-22(20)29-23)26(31)30-27-12-17-9-18(13-27)15-28(32,14-17)16-27/h3-8,10-11,17-18,32H,9,12-16H2,1-2H3,(H,30,31). The summed E-state index contributed by atoms with van der Waals surface area (Å²) < 4.78 is 10.8. The Morgan fingerprint density at radius 3 is 2.44 bits per heavy atom. The Kier molecular flexibility index (Phi) is 4.85. The van der Waals surface area contributed by atoms with Crippen molar-refractivity contribution in [2.24, 2.45) is 11.8 Å². The molecule has 1 aromatic heterocycles. The van der Waals surface area contributed by atoms with E-state index in [-0.39, 0.29) is 11.4 Å². The second-order valence-corrected chi connectivity index (χ2v) is 10.6. The smallest absolute Gasteiger partial charge is 0.252 e. The fraction of sp³-hybridized carbons (Fsp3) is 0.429. The predicted molar refractivity (Wildman–Crippen MR) is 130 cm³/mol. The lowest BCUT2D eigenvalue weighted by molar-refractivity contribution is -0.139. The van der Waals surface area contributed by atoms with Gasteiger partial charge in [-0.3, -0.25) is 4.79 Å². The molecule has 6 nitrogen and oxygen atoms in total. The predicted octanol–water partition coefficient (Wildman–Crippen LogP) is 4.73. The van der Waals surface area contributed by atoms with Gasteiger partial charge < -0.3 is 19.9 Å². The number of fused-ring (bicyclic) bond motifs is 1. The molecule has 176 valence electrons. The van der Waals surface area contributed by atoms with Gasteiger partial charge in [0.2, 0.25) is 0 Å². The van der Waals surface area contributed by atoms with E-state index in [0.717, 1.165) is 42.1 Å². The molecule has 4 aliphatic rings. The Balaban J connectivity index is 1.39. The lowest BCUT2D eigenvalue weighted by atomic mass is 9.51. The summed E-state index contributed by atoms with van der Waals surface area (Å²) in [5, 5.41) is 15.4. The average molecular weight is 459 g/mol. The molecular formula is C28H30N2O4. The molecule has 0 spiro atoms. The molecule has 3 aromatic rings. The number of hydrogen-bond donors (Lipinski definition) is 2. The van der Waals surface area contributed by atoms with Crippen molar-refractivity contribution in [1.82, 2.24) is 10.3 Å². The lowest BCUT2D eigenvalue weighted by Crippen LogP contribution is -2.65. The number of carbonyl (C=O) groups is 1. The zero-order valence-electron chi connectivity index (χ0n) is 19.6. The highest BCUT2D eigenvalue weighted by Gasteiger charge is 2.57. The first-order valence-corrected chi connectivity index (χ1v) is 12.1. The third-order valence-electron chi connectivity index (χ3n) is 8.05. The van der Waals surface area contributed by atoms with Crippen molar-refractivity contribution in [3.05, 3.63) is 54.1 Å². The molecule has 6 heteroatoms. The minimum Gasteiger partial charge on any atom is -0.493 e. The Hall–Kier alpha value is -3.12. The zero-order chi connectivity index (χ0) is 23.5. The van der Waals surface area contributed by atoms with Gasteiger partial charge in [-0.15, -0.1) is 0 Å². The highest BCUT2D eigenvalue weighted by Crippen LogP contribution is 2.57. The van der Waals surface area contributed by atoms with E-state index in [1.165, 1.54) is 6.42 Å². The van der Waals surface area contributed by atoms with Crippen molar-refractivity contribution < 1.29 is 19.4 Å². The molecule has 4 bridgehead atoms. The molecule has 2 atom stereocenters. The molecule has 0 aliphatic heterocycles. The second-order valence-electron chi connectivity index (χ2n) is 10.6. The van der Waals surface area contributed by atoms with E-state index >= 15 is 0 Å². The van der Waals surface area contributed by atoms with Gasteiger partial charge >= 0.3 is 0 Å². The van der Waals surface area contributed by atoms with E-state index in [4.69, 9.17) is 14.5 Å². The fourth-order valence-corrected chi connectivity index (χ4v) is 7.18. The summed E-state index contributed by atoms with van der Waals surface area (Å²) in [7, 11) is 3.21. The van der Waals surface area contributed by atoms with Crippen molar-refractivity contribution >= 4 is 16.8 Å². The van der Waals surface area contributed by atoms with Gasteiger partial charge in [-0.05, 0) is 80.7 Å². The maximum Gasteiger partial charge on any atom is 0.252 e. The number of nitrogens with one attached hydrogen (secondary N) is 1. The molecule has 4 saturated carbocycles. The number of hydrogen-bond acceptors (Lipinski definition) is 5. The number of benzene rings is 2. The van der Waals surface area contributed by atoms with E-state index in [9.17, 15) is 9.90 Å². The van der Waals surface area contributed by atoms with Crippen LogP contribution in [0.5, 0.6) is 11.5 Å². The molecular weight excluding hydrogens is 428 g/mol. The van der Waals surface area contributed by atoms with Crippen LogP contribution in [0.4, 0.5) is 0 Å². The van der Waals surface area contributed by atoms with Crippen LogP contribution in [0, 0.1) is 11.8 Å². The summed E-state index contributed by atoms with van der Waals surface area (Å²) >= 11 is 0. The monoisotopic (exact) mass is 458 g/mol. The van der Waals surface area contributed by atoms with Crippen molar-refractivity contribution in [3.8, 4) is 22.8 Å². The molecule has 4 aliphatic carbocycles. The molecule has 4 fully saturated rings. The number of methoxy groups -OCH3 is 2. The van der Waals surface area contributed by atoms with Gasteiger partial charge in [0.05, 0.1) is 36.6 Å². The SMILES string of the molecule is COc1ccc(-c2cc(C(=O)NC34CC5CC(CC(O)(C5)C3)C4)c3ccccc3n2)cc1OC. The van der Waals surface area contributed by atoms with E-state index in [2.05, 4.69) is 5.32 Å². The molecule has 0 saturated heterocycles. The van der Waals surface area contributed by atoms with Crippen molar-refractivity contribution in [2.75, 3.05) is 14.2 Å². The minimum absolute atomic E-state index is 0.0918. The fourth-order valence-electron chi connectivity index (χ4n) is 7.18. The maximum atomic E-state index is 13.8. The second kappa shape index (κ2) is 7.70. The third kappa shape index (κ3) is 3.52. The van der Waals surface area contributed by atoms with Gasteiger partial charge in [0, 0.05) is 16.5 Å². The number of rotatable bonds is 5. The van der Waals surface area contributed by atoms with Crippen LogP contribution in [0.1, 0.15) is 48.9 Å². The quantitative estimate of drug-likeness (QED) is 0.578. The van der Waals surface area contributed by atoms with Crippen LogP contribution in [0.15, 0.2) is 48.5 Å². The summed E-state index contributed by atoms with van der Waals surface area (Å²) in [6.45, 7) is 0. The molecule has 34 heavy (non-hydrogen) atoms. The normalized spacial score (nSPS) is 29.3. The van der Waals surface area contributed by atoms with Crippen LogP contribution in [0.2, 0.25) is 0 Å². The van der Waals surface area contributed by atoms with Crippen LogP contribution in [0.3, 0.4) is 0 Å². The number of aromatic nitrogens is 1. The Morgan fingerprint density at radius 2 is 1.74 bits per heavy atom. The summed E-state index contributed by atoms with van der Waals surface area (Å²) in [5.74, 6) is 2.17. The number of aliphatic hydroxyl groups is 1. The molecule has 1 heterocycles. The van der Waals surface area contributed by atoms with Gasteiger partial charge in [0.15, 0.2) is 11.5 Å². The molecule has 7 rings (SSSR count). The summed E-state index contributed by atoms with van der Waals surface area (Å²) in [4.78, 5) is 18.6. The largest absolute Gasteiger partial charge is 0.493 e. The summed E-state index contributed by atoms with van der Waals surface area (Å²) in [6.07, 6.45) is 5.52. The topological polar surface area (TPSA) is 80.7 Å². The molecule has 2 unspecified atom stereocenters. The molecule has 1 amide bonds. The van der Waals surface area contributed by atoms with Crippen LogP contribution in [0.25, 0.3) is 22.2 Å².